The quantitative estimate of drug-likeness (QED) is 0.717. The molecule has 0 aliphatic carbocycles. The van der Waals surface area contributed by atoms with Gasteiger partial charge in [-0.25, -0.2) is 4.68 Å². The molecule has 0 amide bonds. The van der Waals surface area contributed by atoms with Gasteiger partial charge < -0.3 is 10.1 Å². The molecule has 1 N–H and O–H groups in total. The van der Waals surface area contributed by atoms with E-state index in [-0.39, 0.29) is 0 Å². The average Bonchev–Trinajstić information content (AvgIpc) is 3.21. The van der Waals surface area contributed by atoms with Gasteiger partial charge in [-0.05, 0) is 42.3 Å². The molecule has 3 aromatic rings. The van der Waals surface area contributed by atoms with Crippen molar-refractivity contribution in [2.75, 3.05) is 19.0 Å². The molecule has 25 heavy (non-hydrogen) atoms. The minimum atomic E-state index is 0.622. The van der Waals surface area contributed by atoms with Crippen LogP contribution in [0.1, 0.15) is 16.8 Å². The highest BCUT2D eigenvalue weighted by atomic mass is 35.5. The van der Waals surface area contributed by atoms with E-state index in [9.17, 15) is 0 Å². The van der Waals surface area contributed by atoms with Crippen LogP contribution >= 0.6 is 23.2 Å². The van der Waals surface area contributed by atoms with Crippen LogP contribution in [0.5, 0.6) is 5.75 Å². The number of hydrogen-bond acceptors (Lipinski definition) is 3. The third-order valence-electron chi connectivity index (χ3n) is 4.38. The predicted octanol–water partition coefficient (Wildman–Crippen LogP) is 4.75. The second kappa shape index (κ2) is 6.62. The van der Waals surface area contributed by atoms with E-state index >= 15 is 0 Å². The number of rotatable bonds is 4. The van der Waals surface area contributed by atoms with Crippen molar-refractivity contribution in [3.8, 4) is 11.4 Å². The minimum absolute atomic E-state index is 0.622. The lowest BCUT2D eigenvalue weighted by Crippen LogP contribution is -2.05. The van der Waals surface area contributed by atoms with Gasteiger partial charge in [-0.2, -0.15) is 5.10 Å². The predicted molar refractivity (Wildman–Crippen MR) is 102 cm³/mol. The number of halogens is 2. The molecule has 0 unspecified atom stereocenters. The first-order chi connectivity index (χ1) is 12.2. The van der Waals surface area contributed by atoms with Gasteiger partial charge in [-0.3, -0.25) is 0 Å². The van der Waals surface area contributed by atoms with Crippen LogP contribution in [-0.4, -0.2) is 23.4 Å². The van der Waals surface area contributed by atoms with E-state index < -0.39 is 0 Å². The number of ether oxygens (including phenoxy) is 1. The molecule has 1 aliphatic heterocycles. The first-order valence-electron chi connectivity index (χ1n) is 8.08. The molecule has 0 bridgehead atoms. The van der Waals surface area contributed by atoms with Crippen LogP contribution in [0.2, 0.25) is 10.0 Å². The third kappa shape index (κ3) is 3.08. The zero-order valence-electron chi connectivity index (χ0n) is 13.7. The van der Waals surface area contributed by atoms with E-state index in [0.717, 1.165) is 47.9 Å². The highest BCUT2D eigenvalue weighted by Crippen LogP contribution is 2.33. The van der Waals surface area contributed by atoms with Crippen LogP contribution in [0, 0.1) is 0 Å². The zero-order valence-corrected chi connectivity index (χ0v) is 15.2. The minimum Gasteiger partial charge on any atom is -0.497 e. The number of nitrogens with zero attached hydrogens (tertiary/aromatic N) is 2. The van der Waals surface area contributed by atoms with E-state index in [1.807, 2.05) is 28.9 Å². The number of nitrogens with one attached hydrogen (secondary N) is 1. The Bertz CT molecular complexity index is 936. The summed E-state index contributed by atoms with van der Waals surface area (Å²) in [6.07, 6.45) is 1.69. The van der Waals surface area contributed by atoms with Crippen LogP contribution in [0.4, 0.5) is 5.82 Å². The SMILES string of the molecule is COc1cccc(Cc2nn(-c3cc(Cl)ccc3Cl)c3c2CCN3)c1. The highest BCUT2D eigenvalue weighted by Gasteiger charge is 2.24. The summed E-state index contributed by atoms with van der Waals surface area (Å²) in [5, 5.41) is 9.50. The molecule has 0 saturated carbocycles. The van der Waals surface area contributed by atoms with Crippen LogP contribution < -0.4 is 10.1 Å². The summed E-state index contributed by atoms with van der Waals surface area (Å²) in [5.74, 6) is 1.85. The molecule has 4 nitrogen and oxygen atoms in total. The monoisotopic (exact) mass is 373 g/mol. The van der Waals surface area contributed by atoms with Crippen molar-refractivity contribution < 1.29 is 4.74 Å². The van der Waals surface area contributed by atoms with Crippen molar-refractivity contribution in [1.29, 1.82) is 0 Å². The van der Waals surface area contributed by atoms with Crippen LogP contribution in [0.15, 0.2) is 42.5 Å². The molecule has 128 valence electrons. The molecule has 6 heteroatoms. The number of methoxy groups -OCH3 is 1. The van der Waals surface area contributed by atoms with E-state index in [2.05, 4.69) is 11.4 Å². The molecular formula is C19H17Cl2N3O. The van der Waals surface area contributed by atoms with Gasteiger partial charge in [0.15, 0.2) is 0 Å². The largest absolute Gasteiger partial charge is 0.497 e. The number of fused-ring (bicyclic) bond motifs is 1. The van der Waals surface area contributed by atoms with E-state index in [1.54, 1.807) is 19.2 Å². The summed E-state index contributed by atoms with van der Waals surface area (Å²) < 4.78 is 7.19. The summed E-state index contributed by atoms with van der Waals surface area (Å²) in [6, 6.07) is 13.5. The molecule has 2 heterocycles. The first-order valence-corrected chi connectivity index (χ1v) is 8.84. The second-order valence-electron chi connectivity index (χ2n) is 5.99. The van der Waals surface area contributed by atoms with Crippen LogP contribution in [-0.2, 0) is 12.8 Å². The Morgan fingerprint density at radius 3 is 2.92 bits per heavy atom. The smallest absolute Gasteiger partial charge is 0.133 e. The van der Waals surface area contributed by atoms with Crippen molar-refractivity contribution in [3.63, 3.8) is 0 Å². The summed E-state index contributed by atoms with van der Waals surface area (Å²) >= 11 is 12.5. The average molecular weight is 374 g/mol. The maximum Gasteiger partial charge on any atom is 0.133 e. The van der Waals surface area contributed by atoms with E-state index in [1.165, 1.54) is 5.56 Å². The molecular weight excluding hydrogens is 357 g/mol. The van der Waals surface area contributed by atoms with Crippen molar-refractivity contribution >= 4 is 29.0 Å². The van der Waals surface area contributed by atoms with Gasteiger partial charge in [0.05, 0.1) is 23.5 Å². The lowest BCUT2D eigenvalue weighted by atomic mass is 10.1. The van der Waals surface area contributed by atoms with Gasteiger partial charge in [-0.1, -0.05) is 35.3 Å². The van der Waals surface area contributed by atoms with Gasteiger partial charge in [0.25, 0.3) is 0 Å². The Hall–Kier alpha value is -2.17. The number of anilines is 1. The van der Waals surface area contributed by atoms with E-state index in [4.69, 9.17) is 33.0 Å². The van der Waals surface area contributed by atoms with Gasteiger partial charge in [0.1, 0.15) is 11.6 Å². The maximum atomic E-state index is 6.38. The lowest BCUT2D eigenvalue weighted by Gasteiger charge is -2.09. The lowest BCUT2D eigenvalue weighted by molar-refractivity contribution is 0.414. The molecule has 0 fully saturated rings. The van der Waals surface area contributed by atoms with Crippen molar-refractivity contribution in [1.82, 2.24) is 9.78 Å². The molecule has 4 rings (SSSR count). The van der Waals surface area contributed by atoms with E-state index in [0.29, 0.717) is 10.0 Å². The molecule has 1 aliphatic rings. The summed E-state index contributed by atoms with van der Waals surface area (Å²) in [7, 11) is 1.68. The topological polar surface area (TPSA) is 39.1 Å². The normalized spacial score (nSPS) is 12.8. The van der Waals surface area contributed by atoms with Gasteiger partial charge in [0, 0.05) is 23.6 Å². The highest BCUT2D eigenvalue weighted by molar-refractivity contribution is 6.34. The van der Waals surface area contributed by atoms with Crippen LogP contribution in [0.3, 0.4) is 0 Å². The van der Waals surface area contributed by atoms with Crippen LogP contribution in [0.25, 0.3) is 5.69 Å². The van der Waals surface area contributed by atoms with Gasteiger partial charge in [0.2, 0.25) is 0 Å². The standard InChI is InChI=1S/C19H17Cl2N3O/c1-25-14-4-2-3-12(9-14)10-17-15-7-8-22-19(15)24(23-17)18-11-13(20)5-6-16(18)21/h2-6,9,11,22H,7-8,10H2,1H3. The molecule has 1 aromatic heterocycles. The molecule has 0 atom stereocenters. The fourth-order valence-corrected chi connectivity index (χ4v) is 3.55. The van der Waals surface area contributed by atoms with Crippen molar-refractivity contribution in [2.24, 2.45) is 0 Å². The Morgan fingerprint density at radius 1 is 1.20 bits per heavy atom. The fourth-order valence-electron chi connectivity index (χ4n) is 3.19. The Labute approximate surface area is 156 Å². The molecule has 0 spiro atoms. The zero-order chi connectivity index (χ0) is 17.4. The van der Waals surface area contributed by atoms with Crippen molar-refractivity contribution in [3.05, 3.63) is 69.3 Å². The Morgan fingerprint density at radius 2 is 2.08 bits per heavy atom. The molecule has 2 aromatic carbocycles. The Kier molecular flexibility index (Phi) is 4.32. The maximum absolute atomic E-state index is 6.38. The van der Waals surface area contributed by atoms with Gasteiger partial charge in [-0.15, -0.1) is 0 Å². The fraction of sp³-hybridized carbons (Fsp3) is 0.211. The summed E-state index contributed by atoms with van der Waals surface area (Å²) in [6.45, 7) is 0.899. The van der Waals surface area contributed by atoms with Gasteiger partial charge >= 0.3 is 0 Å². The summed E-state index contributed by atoms with van der Waals surface area (Å²) in [4.78, 5) is 0. The summed E-state index contributed by atoms with van der Waals surface area (Å²) in [5.41, 5.74) is 4.23. The number of benzene rings is 2. The number of hydrogen-bond donors (Lipinski definition) is 1. The number of aromatic nitrogens is 2. The third-order valence-corrected chi connectivity index (χ3v) is 4.93. The first kappa shape index (κ1) is 16.3. The second-order valence-corrected chi connectivity index (χ2v) is 6.83. The molecule has 0 radical (unpaired) electrons. The van der Waals surface area contributed by atoms with Crippen molar-refractivity contribution in [2.45, 2.75) is 12.8 Å². The molecule has 0 saturated heterocycles. The Balaban J connectivity index is 1.76.